The molecule has 0 aliphatic carbocycles. The van der Waals surface area contributed by atoms with E-state index in [0.29, 0.717) is 12.3 Å². The molecule has 3 rings (SSSR count). The van der Waals surface area contributed by atoms with Gasteiger partial charge in [-0.25, -0.2) is 0 Å². The Morgan fingerprint density at radius 2 is 1.88 bits per heavy atom. The van der Waals surface area contributed by atoms with Crippen molar-refractivity contribution in [3.05, 3.63) is 76.5 Å². The van der Waals surface area contributed by atoms with Crippen molar-refractivity contribution in [3.63, 3.8) is 0 Å². The molecule has 0 spiro atoms. The lowest BCUT2D eigenvalue weighted by Crippen LogP contribution is -2.48. The number of nitrogens with one attached hydrogen (secondary N) is 1. The number of aliphatic hydroxyl groups is 1. The van der Waals surface area contributed by atoms with Crippen molar-refractivity contribution in [2.75, 3.05) is 20.3 Å². The summed E-state index contributed by atoms with van der Waals surface area (Å²) in [6.07, 6.45) is 0. The van der Waals surface area contributed by atoms with Gasteiger partial charge in [-0.3, -0.25) is 9.69 Å². The fourth-order valence-corrected chi connectivity index (χ4v) is 4.25. The number of carbonyl (C=O) groups excluding carboxylic acids is 1. The van der Waals surface area contributed by atoms with Crippen LogP contribution in [0, 0.1) is 0 Å². The van der Waals surface area contributed by atoms with E-state index >= 15 is 0 Å². The van der Waals surface area contributed by atoms with Gasteiger partial charge in [0.15, 0.2) is 6.61 Å². The van der Waals surface area contributed by atoms with E-state index in [4.69, 9.17) is 4.74 Å². The van der Waals surface area contributed by atoms with Crippen LogP contribution in [0.2, 0.25) is 0 Å². The Labute approximate surface area is 194 Å². The molecule has 2 N–H and O–H groups in total. The van der Waals surface area contributed by atoms with E-state index < -0.39 is 5.54 Å². The predicted molar refractivity (Wildman–Crippen MR) is 131 cm³/mol. The lowest BCUT2D eigenvalue weighted by Gasteiger charge is -2.26. The van der Waals surface area contributed by atoms with Crippen molar-refractivity contribution < 1.29 is 14.6 Å². The number of carbonyl (C=O) groups is 1. The van der Waals surface area contributed by atoms with Crippen molar-refractivity contribution in [1.82, 2.24) is 10.2 Å². The van der Waals surface area contributed by atoms with Gasteiger partial charge in [0.1, 0.15) is 5.75 Å². The van der Waals surface area contributed by atoms with Crippen LogP contribution in [-0.2, 0) is 11.3 Å². The maximum atomic E-state index is 12.3. The number of thiophene rings is 1. The molecule has 1 aromatic heterocycles. The fraction of sp³-hybridized carbons (Fsp3) is 0.346. The smallest absolute Gasteiger partial charge is 0.258 e. The molecule has 2 aromatic carbocycles. The zero-order valence-electron chi connectivity index (χ0n) is 19.2. The Bertz CT molecular complexity index is 1000. The zero-order chi connectivity index (χ0) is 23.1. The van der Waals surface area contributed by atoms with Crippen LogP contribution in [0.15, 0.2) is 66.0 Å². The summed E-state index contributed by atoms with van der Waals surface area (Å²) < 4.78 is 5.93. The third-order valence-electron chi connectivity index (χ3n) is 5.44. The quantitative estimate of drug-likeness (QED) is 0.461. The SMILES string of the molecule is CC(c1cccs1)N(C)Cc1cc(-c2ccccc2)ccc1OCC(=O)NC(C)(C)CO. The number of hydrogen-bond donors (Lipinski definition) is 2. The van der Waals surface area contributed by atoms with Gasteiger partial charge in [0.25, 0.3) is 5.91 Å². The van der Waals surface area contributed by atoms with Crippen LogP contribution in [0.4, 0.5) is 0 Å². The maximum Gasteiger partial charge on any atom is 0.258 e. The molecule has 6 heteroatoms. The highest BCUT2D eigenvalue weighted by Gasteiger charge is 2.20. The monoisotopic (exact) mass is 452 g/mol. The van der Waals surface area contributed by atoms with Gasteiger partial charge < -0.3 is 15.2 Å². The van der Waals surface area contributed by atoms with Gasteiger partial charge in [-0.15, -0.1) is 11.3 Å². The van der Waals surface area contributed by atoms with Gasteiger partial charge in [0.05, 0.1) is 12.1 Å². The molecule has 170 valence electrons. The molecule has 0 aliphatic heterocycles. The number of ether oxygens (including phenoxy) is 1. The second-order valence-electron chi connectivity index (χ2n) is 8.67. The Balaban J connectivity index is 1.81. The molecule has 0 saturated carbocycles. The molecular weight excluding hydrogens is 420 g/mol. The molecule has 1 heterocycles. The molecule has 32 heavy (non-hydrogen) atoms. The molecule has 1 amide bonds. The van der Waals surface area contributed by atoms with Crippen LogP contribution in [0.5, 0.6) is 5.75 Å². The lowest BCUT2D eigenvalue weighted by molar-refractivity contribution is -0.125. The number of amides is 1. The fourth-order valence-electron chi connectivity index (χ4n) is 3.40. The van der Waals surface area contributed by atoms with Crippen LogP contribution in [0.3, 0.4) is 0 Å². The van der Waals surface area contributed by atoms with Gasteiger partial charge >= 0.3 is 0 Å². The summed E-state index contributed by atoms with van der Waals surface area (Å²) in [6, 6.07) is 20.8. The second kappa shape index (κ2) is 10.8. The number of benzene rings is 2. The summed E-state index contributed by atoms with van der Waals surface area (Å²) in [5.74, 6) is 0.425. The predicted octanol–water partition coefficient (Wildman–Crippen LogP) is 4.87. The van der Waals surface area contributed by atoms with Gasteiger partial charge in [-0.2, -0.15) is 0 Å². The first-order valence-electron chi connectivity index (χ1n) is 10.8. The normalized spacial score (nSPS) is 12.6. The molecule has 0 radical (unpaired) electrons. The summed E-state index contributed by atoms with van der Waals surface area (Å²) in [7, 11) is 2.10. The summed E-state index contributed by atoms with van der Waals surface area (Å²) in [4.78, 5) is 15.9. The van der Waals surface area contributed by atoms with E-state index in [0.717, 1.165) is 16.7 Å². The number of rotatable bonds is 10. The average Bonchev–Trinajstić information content (AvgIpc) is 3.33. The highest BCUT2D eigenvalue weighted by molar-refractivity contribution is 7.10. The molecule has 0 saturated heterocycles. The topological polar surface area (TPSA) is 61.8 Å². The van der Waals surface area contributed by atoms with Crippen molar-refractivity contribution in [1.29, 1.82) is 0 Å². The molecule has 5 nitrogen and oxygen atoms in total. The number of aliphatic hydroxyl groups excluding tert-OH is 1. The Hall–Kier alpha value is -2.67. The van der Waals surface area contributed by atoms with Gasteiger partial charge in [0, 0.05) is 23.0 Å². The van der Waals surface area contributed by atoms with Crippen LogP contribution in [-0.4, -0.2) is 41.7 Å². The Kier molecular flexibility index (Phi) is 8.07. The summed E-state index contributed by atoms with van der Waals surface area (Å²) >= 11 is 1.75. The Morgan fingerprint density at radius 1 is 1.12 bits per heavy atom. The third-order valence-corrected chi connectivity index (χ3v) is 6.48. The van der Waals surface area contributed by atoms with E-state index in [2.05, 4.69) is 59.9 Å². The van der Waals surface area contributed by atoms with Crippen molar-refractivity contribution >= 4 is 17.2 Å². The van der Waals surface area contributed by atoms with E-state index in [1.807, 2.05) is 30.3 Å². The first-order chi connectivity index (χ1) is 15.3. The lowest BCUT2D eigenvalue weighted by atomic mass is 10.0. The van der Waals surface area contributed by atoms with Gasteiger partial charge in [-0.05, 0) is 62.5 Å². The third kappa shape index (κ3) is 6.42. The molecule has 1 atom stereocenters. The largest absolute Gasteiger partial charge is 0.483 e. The second-order valence-corrected chi connectivity index (χ2v) is 9.65. The standard InChI is InChI=1S/C26H32N2O3S/c1-19(24-11-8-14-32-24)28(4)16-22-15-21(20-9-6-5-7-10-20)12-13-23(22)31-17-25(30)27-26(2,3)18-29/h5-15,19,29H,16-18H2,1-4H3,(H,27,30). The summed E-state index contributed by atoms with van der Waals surface area (Å²) in [5.41, 5.74) is 2.58. The van der Waals surface area contributed by atoms with Gasteiger partial charge in [-0.1, -0.05) is 42.5 Å². The first-order valence-corrected chi connectivity index (χ1v) is 11.6. The van der Waals surface area contributed by atoms with Crippen LogP contribution < -0.4 is 10.1 Å². The van der Waals surface area contributed by atoms with E-state index in [1.165, 1.54) is 4.88 Å². The molecule has 1 unspecified atom stereocenters. The molecular formula is C26H32N2O3S. The molecule has 0 fully saturated rings. The van der Waals surface area contributed by atoms with Crippen LogP contribution in [0.25, 0.3) is 11.1 Å². The number of hydrogen-bond acceptors (Lipinski definition) is 5. The minimum Gasteiger partial charge on any atom is -0.483 e. The maximum absolute atomic E-state index is 12.3. The molecule has 0 aliphatic rings. The van der Waals surface area contributed by atoms with Crippen molar-refractivity contribution in [3.8, 4) is 16.9 Å². The molecule has 3 aromatic rings. The number of nitrogens with zero attached hydrogens (tertiary/aromatic N) is 1. The highest BCUT2D eigenvalue weighted by atomic mass is 32.1. The van der Waals surface area contributed by atoms with Gasteiger partial charge in [0.2, 0.25) is 0 Å². The van der Waals surface area contributed by atoms with E-state index in [-0.39, 0.29) is 25.2 Å². The van der Waals surface area contributed by atoms with E-state index in [1.54, 1.807) is 25.2 Å². The summed E-state index contributed by atoms with van der Waals surface area (Å²) in [6.45, 7) is 6.17. The minimum absolute atomic E-state index is 0.106. The van der Waals surface area contributed by atoms with Crippen molar-refractivity contribution in [2.24, 2.45) is 0 Å². The minimum atomic E-state index is -0.684. The zero-order valence-corrected chi connectivity index (χ0v) is 20.0. The highest BCUT2D eigenvalue weighted by Crippen LogP contribution is 2.31. The first kappa shape index (κ1) is 24.0. The van der Waals surface area contributed by atoms with Crippen LogP contribution >= 0.6 is 11.3 Å². The average molecular weight is 453 g/mol. The van der Waals surface area contributed by atoms with Crippen molar-refractivity contribution in [2.45, 2.75) is 38.9 Å². The Morgan fingerprint density at radius 3 is 2.53 bits per heavy atom. The van der Waals surface area contributed by atoms with Crippen LogP contribution in [0.1, 0.15) is 37.3 Å². The summed E-state index contributed by atoms with van der Waals surface area (Å²) in [5, 5.41) is 14.3. The van der Waals surface area contributed by atoms with E-state index in [9.17, 15) is 9.90 Å². The molecule has 0 bridgehead atoms.